The number of hydrogen-bond acceptors (Lipinski definition) is 4. The molecule has 1 aromatic carbocycles. The van der Waals surface area contributed by atoms with Crippen LogP contribution in [-0.4, -0.2) is 66.4 Å². The van der Waals surface area contributed by atoms with Crippen LogP contribution in [0, 0.1) is 23.7 Å². The number of nitrogens with zero attached hydrogens (tertiary/aromatic N) is 4. The van der Waals surface area contributed by atoms with Crippen LogP contribution in [0.1, 0.15) is 0 Å². The maximum atomic E-state index is 4.73. The molecule has 4 nitrogen and oxygen atoms in total. The number of para-hydroxylation sites is 2. The Bertz CT molecular complexity index is 784. The topological polar surface area (TPSA) is 24.3 Å². The van der Waals surface area contributed by atoms with E-state index in [9.17, 15) is 0 Å². The van der Waals surface area contributed by atoms with E-state index in [1.165, 1.54) is 0 Å². The second-order valence-corrected chi connectivity index (χ2v) is 6.88. The highest BCUT2D eigenvalue weighted by Crippen LogP contribution is 2.23. The molecule has 0 aliphatic carbocycles. The van der Waals surface area contributed by atoms with Gasteiger partial charge in [0.1, 0.15) is 0 Å². The first-order valence-corrected chi connectivity index (χ1v) is 8.85. The first-order chi connectivity index (χ1) is 11.6. The van der Waals surface area contributed by atoms with Gasteiger partial charge in [0.2, 0.25) is 0 Å². The fourth-order valence-corrected chi connectivity index (χ4v) is 2.82. The van der Waals surface area contributed by atoms with Crippen molar-refractivity contribution in [2.45, 2.75) is 11.7 Å². The van der Waals surface area contributed by atoms with Gasteiger partial charge in [0.25, 0.3) is 0 Å². The predicted octanol–water partition coefficient (Wildman–Crippen LogP) is 2.26. The minimum absolute atomic E-state index is 0.655. The zero-order valence-electron chi connectivity index (χ0n) is 14.8. The Morgan fingerprint density at radius 2 is 1.62 bits per heavy atom. The maximum Gasteiger partial charge on any atom is 0.170 e. The van der Waals surface area contributed by atoms with E-state index in [4.69, 9.17) is 4.98 Å². The van der Waals surface area contributed by atoms with Crippen molar-refractivity contribution in [3.63, 3.8) is 0 Å². The Balaban J connectivity index is 2.13. The summed E-state index contributed by atoms with van der Waals surface area (Å²) in [6.45, 7) is 2.21. The molecule has 24 heavy (non-hydrogen) atoms. The third-order valence-corrected chi connectivity index (χ3v) is 4.03. The Hall–Kier alpha value is -1.92. The first-order valence-electron chi connectivity index (χ1n) is 7.87. The van der Waals surface area contributed by atoms with Gasteiger partial charge < -0.3 is 4.57 Å². The molecule has 1 aromatic heterocycles. The van der Waals surface area contributed by atoms with Crippen molar-refractivity contribution < 1.29 is 0 Å². The summed E-state index contributed by atoms with van der Waals surface area (Å²) in [5.41, 5.74) is 2.14. The van der Waals surface area contributed by atoms with E-state index in [-0.39, 0.29) is 0 Å². The van der Waals surface area contributed by atoms with Gasteiger partial charge in [0.05, 0.1) is 36.4 Å². The summed E-state index contributed by atoms with van der Waals surface area (Å²) >= 11 is 1.67. The standard InChI is InChI=1S/C19H24N4S/c1-21(2)13-7-8-15-23-18-12-6-5-11-17(18)20-19(23)24-16-10-9-14-22(3)4/h5-6,11-12H,13-16H2,1-4H3. The number of hydrogen-bond donors (Lipinski definition) is 0. The van der Waals surface area contributed by atoms with Gasteiger partial charge in [-0.1, -0.05) is 47.6 Å². The number of rotatable bonds is 5. The summed E-state index contributed by atoms with van der Waals surface area (Å²) in [4.78, 5) is 8.86. The van der Waals surface area contributed by atoms with Crippen LogP contribution in [0.4, 0.5) is 0 Å². The second-order valence-electron chi connectivity index (χ2n) is 5.94. The highest BCUT2D eigenvalue weighted by atomic mass is 32.2. The number of fused-ring (bicyclic) bond motifs is 1. The molecule has 0 fully saturated rings. The summed E-state index contributed by atoms with van der Waals surface area (Å²) in [5, 5.41) is 0.981. The van der Waals surface area contributed by atoms with E-state index in [0.717, 1.165) is 35.0 Å². The summed E-state index contributed by atoms with van der Waals surface area (Å²) in [6, 6.07) is 8.19. The number of benzene rings is 1. The third kappa shape index (κ3) is 5.62. The lowest BCUT2D eigenvalue weighted by Crippen LogP contribution is -2.11. The van der Waals surface area contributed by atoms with Crippen molar-refractivity contribution in [3.05, 3.63) is 24.3 Å². The van der Waals surface area contributed by atoms with E-state index in [1.807, 2.05) is 46.4 Å². The molecule has 0 bridgehead atoms. The highest BCUT2D eigenvalue weighted by molar-refractivity contribution is 7.99. The number of thioether (sulfide) groups is 1. The Morgan fingerprint density at radius 1 is 0.958 bits per heavy atom. The van der Waals surface area contributed by atoms with Crippen molar-refractivity contribution >= 4 is 22.8 Å². The van der Waals surface area contributed by atoms with E-state index in [0.29, 0.717) is 6.54 Å². The van der Waals surface area contributed by atoms with Crippen LogP contribution in [0.5, 0.6) is 0 Å². The van der Waals surface area contributed by atoms with Gasteiger partial charge >= 0.3 is 0 Å². The molecule has 0 saturated carbocycles. The molecule has 0 aliphatic heterocycles. The minimum Gasteiger partial charge on any atom is -0.307 e. The molecule has 0 atom stereocenters. The largest absolute Gasteiger partial charge is 0.307 e. The van der Waals surface area contributed by atoms with Crippen LogP contribution in [0.3, 0.4) is 0 Å². The van der Waals surface area contributed by atoms with Crippen molar-refractivity contribution in [1.82, 2.24) is 19.4 Å². The molecule has 0 aliphatic rings. The summed E-state index contributed by atoms with van der Waals surface area (Å²) in [5.74, 6) is 13.5. The van der Waals surface area contributed by atoms with Gasteiger partial charge in [-0.05, 0) is 40.3 Å². The maximum absolute atomic E-state index is 4.73. The molecule has 0 saturated heterocycles. The fourth-order valence-electron chi connectivity index (χ4n) is 2.03. The lowest BCUT2D eigenvalue weighted by Gasteiger charge is -2.04. The van der Waals surface area contributed by atoms with E-state index in [2.05, 4.69) is 44.1 Å². The van der Waals surface area contributed by atoms with Crippen LogP contribution < -0.4 is 0 Å². The summed E-state index contributed by atoms with van der Waals surface area (Å²) < 4.78 is 2.18. The van der Waals surface area contributed by atoms with Crippen LogP contribution in [0.25, 0.3) is 11.0 Å². The molecule has 0 unspecified atom stereocenters. The van der Waals surface area contributed by atoms with Crippen LogP contribution >= 0.6 is 11.8 Å². The number of aromatic nitrogens is 2. The average molecular weight is 340 g/mol. The quantitative estimate of drug-likeness (QED) is 0.616. The highest BCUT2D eigenvalue weighted by Gasteiger charge is 2.09. The molecule has 5 heteroatoms. The molecule has 2 rings (SSSR count). The molecule has 2 aromatic rings. The van der Waals surface area contributed by atoms with Crippen molar-refractivity contribution in [2.75, 3.05) is 47.0 Å². The van der Waals surface area contributed by atoms with Crippen molar-refractivity contribution in [2.24, 2.45) is 0 Å². The predicted molar refractivity (Wildman–Crippen MR) is 103 cm³/mol. The van der Waals surface area contributed by atoms with Crippen LogP contribution in [0.2, 0.25) is 0 Å². The lowest BCUT2D eigenvalue weighted by molar-refractivity contribution is 0.463. The molecule has 1 heterocycles. The van der Waals surface area contributed by atoms with Gasteiger partial charge in [0.15, 0.2) is 5.16 Å². The van der Waals surface area contributed by atoms with Gasteiger partial charge in [-0.2, -0.15) is 0 Å². The lowest BCUT2D eigenvalue weighted by atomic mass is 10.3. The Kier molecular flexibility index (Phi) is 7.21. The van der Waals surface area contributed by atoms with Gasteiger partial charge in [-0.3, -0.25) is 9.80 Å². The van der Waals surface area contributed by atoms with E-state index in [1.54, 1.807) is 11.8 Å². The van der Waals surface area contributed by atoms with Crippen molar-refractivity contribution in [1.29, 1.82) is 0 Å². The zero-order valence-corrected chi connectivity index (χ0v) is 15.7. The SMILES string of the molecule is CN(C)CC#CCSc1nc2ccccc2n1CC#CCN(C)C. The molecular weight excluding hydrogens is 316 g/mol. The second kappa shape index (κ2) is 9.39. The monoisotopic (exact) mass is 340 g/mol. The summed E-state index contributed by atoms with van der Waals surface area (Å²) in [7, 11) is 8.09. The summed E-state index contributed by atoms with van der Waals surface area (Å²) in [6.07, 6.45) is 0. The van der Waals surface area contributed by atoms with Gasteiger partial charge in [0, 0.05) is 0 Å². The third-order valence-electron chi connectivity index (χ3n) is 3.17. The molecule has 0 radical (unpaired) electrons. The smallest absolute Gasteiger partial charge is 0.170 e. The Morgan fingerprint density at radius 3 is 2.33 bits per heavy atom. The fraction of sp³-hybridized carbons (Fsp3) is 0.421. The molecule has 0 spiro atoms. The van der Waals surface area contributed by atoms with Crippen LogP contribution in [0.15, 0.2) is 29.4 Å². The Labute approximate surface area is 149 Å². The number of imidazole rings is 1. The van der Waals surface area contributed by atoms with Gasteiger partial charge in [-0.25, -0.2) is 4.98 Å². The molecule has 0 amide bonds. The first kappa shape index (κ1) is 18.4. The van der Waals surface area contributed by atoms with E-state index < -0.39 is 0 Å². The van der Waals surface area contributed by atoms with Crippen molar-refractivity contribution in [3.8, 4) is 23.7 Å². The van der Waals surface area contributed by atoms with E-state index >= 15 is 0 Å². The molecule has 0 N–H and O–H groups in total. The molecule has 126 valence electrons. The average Bonchev–Trinajstić information content (AvgIpc) is 2.88. The minimum atomic E-state index is 0.655. The van der Waals surface area contributed by atoms with Crippen LogP contribution in [-0.2, 0) is 6.54 Å². The zero-order chi connectivity index (χ0) is 17.4. The van der Waals surface area contributed by atoms with Gasteiger partial charge in [-0.15, -0.1) is 0 Å². The molecular formula is C19H24N4S. The normalized spacial score (nSPS) is 10.6.